The van der Waals surface area contributed by atoms with Gasteiger partial charge in [0.1, 0.15) is 7.05 Å². The summed E-state index contributed by atoms with van der Waals surface area (Å²) in [5, 5.41) is 3.96. The Labute approximate surface area is 94.7 Å². The molecule has 3 heteroatoms. The van der Waals surface area contributed by atoms with Gasteiger partial charge in [0.05, 0.1) is 11.1 Å². The van der Waals surface area contributed by atoms with E-state index in [1.807, 2.05) is 42.9 Å². The minimum atomic E-state index is -0.0397. The number of pyridine rings is 1. The van der Waals surface area contributed by atoms with Crippen LogP contribution in [0, 0.1) is 6.92 Å². The number of amides is 1. The van der Waals surface area contributed by atoms with Crippen LogP contribution in [-0.4, -0.2) is 5.91 Å². The fourth-order valence-electron chi connectivity index (χ4n) is 1.88. The fraction of sp³-hybridized carbons (Fsp3) is 0.231. The summed E-state index contributed by atoms with van der Waals surface area (Å²) in [4.78, 5) is 11.2. The van der Waals surface area contributed by atoms with E-state index in [9.17, 15) is 4.79 Å². The van der Waals surface area contributed by atoms with Crippen molar-refractivity contribution in [2.75, 3.05) is 5.32 Å². The minimum Gasteiger partial charge on any atom is -0.325 e. The molecule has 0 fully saturated rings. The third-order valence-corrected chi connectivity index (χ3v) is 2.68. The van der Waals surface area contributed by atoms with Crippen LogP contribution in [0.25, 0.3) is 10.9 Å². The van der Waals surface area contributed by atoms with Crippen molar-refractivity contribution in [3.63, 3.8) is 0 Å². The lowest BCUT2D eigenvalue weighted by Gasteiger charge is -2.08. The van der Waals surface area contributed by atoms with E-state index in [-0.39, 0.29) is 5.91 Å². The number of fused-ring (bicyclic) bond motifs is 1. The molecule has 3 nitrogen and oxygen atoms in total. The maximum atomic E-state index is 11.2. The topological polar surface area (TPSA) is 33.0 Å². The van der Waals surface area contributed by atoms with Crippen molar-refractivity contribution in [3.8, 4) is 0 Å². The van der Waals surface area contributed by atoms with Crippen LogP contribution < -0.4 is 9.88 Å². The average molecular weight is 215 g/mol. The van der Waals surface area contributed by atoms with Gasteiger partial charge >= 0.3 is 0 Å². The lowest BCUT2D eigenvalue weighted by atomic mass is 10.1. The zero-order valence-electron chi connectivity index (χ0n) is 9.74. The molecule has 0 aliphatic rings. The van der Waals surface area contributed by atoms with Crippen LogP contribution in [0.5, 0.6) is 0 Å². The van der Waals surface area contributed by atoms with Crippen LogP contribution in [0.1, 0.15) is 12.5 Å². The Kier molecular flexibility index (Phi) is 2.60. The van der Waals surface area contributed by atoms with Crippen LogP contribution in [-0.2, 0) is 11.8 Å². The van der Waals surface area contributed by atoms with Gasteiger partial charge in [-0.05, 0) is 18.6 Å². The van der Waals surface area contributed by atoms with Crippen LogP contribution >= 0.6 is 0 Å². The monoisotopic (exact) mass is 215 g/mol. The van der Waals surface area contributed by atoms with E-state index < -0.39 is 0 Å². The second kappa shape index (κ2) is 3.93. The molecule has 1 amide bonds. The zero-order valence-corrected chi connectivity index (χ0v) is 9.74. The number of carbonyl (C=O) groups excluding carboxylic acids is 1. The molecule has 0 spiro atoms. The maximum Gasteiger partial charge on any atom is 0.221 e. The molecule has 0 aliphatic heterocycles. The van der Waals surface area contributed by atoms with Gasteiger partial charge in [-0.2, -0.15) is 0 Å². The van der Waals surface area contributed by atoms with Crippen molar-refractivity contribution in [3.05, 3.63) is 36.0 Å². The number of anilines is 1. The Morgan fingerprint density at radius 3 is 2.75 bits per heavy atom. The predicted octanol–water partition coefficient (Wildman–Crippen LogP) is 1.93. The normalized spacial score (nSPS) is 10.4. The first-order chi connectivity index (χ1) is 7.59. The van der Waals surface area contributed by atoms with Crippen molar-refractivity contribution in [1.82, 2.24) is 0 Å². The smallest absolute Gasteiger partial charge is 0.221 e. The van der Waals surface area contributed by atoms with E-state index >= 15 is 0 Å². The molecule has 16 heavy (non-hydrogen) atoms. The van der Waals surface area contributed by atoms with E-state index in [2.05, 4.69) is 11.4 Å². The molecule has 0 unspecified atom stereocenters. The summed E-state index contributed by atoms with van der Waals surface area (Å²) in [5.41, 5.74) is 3.09. The number of nitrogens with zero attached hydrogens (tertiary/aromatic N) is 1. The van der Waals surface area contributed by atoms with Crippen molar-refractivity contribution < 1.29 is 9.36 Å². The molecule has 0 aliphatic carbocycles. The molecule has 0 saturated heterocycles. The third-order valence-electron chi connectivity index (χ3n) is 2.68. The second-order valence-corrected chi connectivity index (χ2v) is 3.99. The fourth-order valence-corrected chi connectivity index (χ4v) is 1.88. The van der Waals surface area contributed by atoms with Crippen molar-refractivity contribution in [1.29, 1.82) is 0 Å². The molecule has 0 radical (unpaired) electrons. The Hall–Kier alpha value is -1.90. The molecule has 0 atom stereocenters. The quantitative estimate of drug-likeness (QED) is 0.724. The Morgan fingerprint density at radius 1 is 1.31 bits per heavy atom. The van der Waals surface area contributed by atoms with Crippen LogP contribution in [0.2, 0.25) is 0 Å². The molecular formula is C13H15N2O+. The number of hydrogen-bond donors (Lipinski definition) is 1. The van der Waals surface area contributed by atoms with E-state index in [0.29, 0.717) is 0 Å². The average Bonchev–Trinajstić information content (AvgIpc) is 2.22. The molecule has 2 aromatic rings. The minimum absolute atomic E-state index is 0.0397. The largest absolute Gasteiger partial charge is 0.325 e. The summed E-state index contributed by atoms with van der Waals surface area (Å²) in [6, 6.07) is 8.09. The van der Waals surface area contributed by atoms with Crippen LogP contribution in [0.3, 0.4) is 0 Å². The summed E-state index contributed by atoms with van der Waals surface area (Å²) in [5.74, 6) is -0.0397. The first-order valence-electron chi connectivity index (χ1n) is 5.25. The number of rotatable bonds is 1. The Morgan fingerprint density at radius 2 is 2.06 bits per heavy atom. The second-order valence-electron chi connectivity index (χ2n) is 3.99. The highest BCUT2D eigenvalue weighted by Crippen LogP contribution is 2.24. The lowest BCUT2D eigenvalue weighted by Crippen LogP contribution is -2.28. The number of hydrogen-bond acceptors (Lipinski definition) is 1. The molecule has 82 valence electrons. The van der Waals surface area contributed by atoms with Crippen molar-refractivity contribution in [2.24, 2.45) is 7.05 Å². The van der Waals surface area contributed by atoms with Gasteiger partial charge in [-0.25, -0.2) is 4.57 Å². The Bertz CT molecular complexity index is 561. The summed E-state index contributed by atoms with van der Waals surface area (Å²) < 4.78 is 2.04. The molecular weight excluding hydrogens is 200 g/mol. The summed E-state index contributed by atoms with van der Waals surface area (Å²) >= 11 is 0. The van der Waals surface area contributed by atoms with Crippen molar-refractivity contribution >= 4 is 22.5 Å². The van der Waals surface area contributed by atoms with Crippen LogP contribution in [0.15, 0.2) is 30.5 Å². The predicted molar refractivity (Wildman–Crippen MR) is 64.2 cm³/mol. The molecule has 0 saturated carbocycles. The van der Waals surface area contributed by atoms with Gasteiger partial charge in [0.15, 0.2) is 6.20 Å². The third kappa shape index (κ3) is 1.76. The van der Waals surface area contributed by atoms with E-state index in [1.165, 1.54) is 6.92 Å². The summed E-state index contributed by atoms with van der Waals surface area (Å²) in [7, 11) is 2.00. The number of benzene rings is 1. The maximum absolute atomic E-state index is 11.2. The van der Waals surface area contributed by atoms with Gasteiger partial charge in [0.25, 0.3) is 0 Å². The standard InChI is InChI=1S/C13H14N2O/c1-9-6-7-12-11(5-4-8-15(12)3)13(9)14-10(2)16/h4-8H,1-3H3/p+1. The van der Waals surface area contributed by atoms with Gasteiger partial charge < -0.3 is 5.32 Å². The summed E-state index contributed by atoms with van der Waals surface area (Å²) in [6.07, 6.45) is 2.00. The highest BCUT2D eigenvalue weighted by molar-refractivity contribution is 6.00. The number of nitrogens with one attached hydrogen (secondary N) is 1. The number of aryl methyl sites for hydroxylation is 2. The SMILES string of the molecule is CC(=O)Nc1c(C)ccc2c1ccc[n+]2C. The Balaban J connectivity index is 2.74. The molecule has 1 N–H and O–H groups in total. The number of carbonyl (C=O) groups is 1. The van der Waals surface area contributed by atoms with Gasteiger partial charge in [-0.1, -0.05) is 6.07 Å². The summed E-state index contributed by atoms with van der Waals surface area (Å²) in [6.45, 7) is 3.53. The van der Waals surface area contributed by atoms with Crippen molar-refractivity contribution in [2.45, 2.75) is 13.8 Å². The van der Waals surface area contributed by atoms with Gasteiger partial charge in [0, 0.05) is 19.1 Å². The van der Waals surface area contributed by atoms with Gasteiger partial charge in [-0.3, -0.25) is 4.79 Å². The molecule has 1 heterocycles. The van der Waals surface area contributed by atoms with Gasteiger partial charge in [-0.15, -0.1) is 0 Å². The van der Waals surface area contributed by atoms with Crippen LogP contribution in [0.4, 0.5) is 5.69 Å². The first-order valence-corrected chi connectivity index (χ1v) is 5.25. The van der Waals surface area contributed by atoms with E-state index in [1.54, 1.807) is 0 Å². The zero-order chi connectivity index (χ0) is 11.7. The van der Waals surface area contributed by atoms with Gasteiger partial charge in [0.2, 0.25) is 11.4 Å². The highest BCUT2D eigenvalue weighted by atomic mass is 16.1. The van der Waals surface area contributed by atoms with E-state index in [0.717, 1.165) is 22.2 Å². The number of aromatic nitrogens is 1. The lowest BCUT2D eigenvalue weighted by molar-refractivity contribution is -0.644. The first kappa shape index (κ1) is 10.6. The molecule has 2 rings (SSSR count). The molecule has 1 aromatic heterocycles. The molecule has 1 aromatic carbocycles. The van der Waals surface area contributed by atoms with E-state index in [4.69, 9.17) is 0 Å². The highest BCUT2D eigenvalue weighted by Gasteiger charge is 2.11. The molecule has 0 bridgehead atoms.